The van der Waals surface area contributed by atoms with Crippen LogP contribution >= 0.6 is 0 Å². The van der Waals surface area contributed by atoms with Crippen molar-refractivity contribution in [1.29, 1.82) is 0 Å². The maximum atomic E-state index is 12.1. The van der Waals surface area contributed by atoms with E-state index in [1.54, 1.807) is 14.0 Å². The van der Waals surface area contributed by atoms with Gasteiger partial charge in [0.05, 0.1) is 5.57 Å². The lowest BCUT2D eigenvalue weighted by Gasteiger charge is -2.08. The largest absolute Gasteiger partial charge is 0.416 e. The molecule has 1 atom stereocenters. The van der Waals surface area contributed by atoms with Crippen LogP contribution in [-0.4, -0.2) is 19.3 Å². The van der Waals surface area contributed by atoms with Gasteiger partial charge in [0, 0.05) is 6.04 Å². The molecule has 0 spiro atoms. The monoisotopic (exact) mass is 193 g/mol. The van der Waals surface area contributed by atoms with Crippen molar-refractivity contribution in [2.24, 2.45) is 0 Å². The Morgan fingerprint density at radius 1 is 1.38 bits per heavy atom. The first-order chi connectivity index (χ1) is 5.91. The molecule has 1 unspecified atom stereocenters. The minimum Gasteiger partial charge on any atom is -0.314 e. The SMILES string of the molecule is C/C=C(\C=C/C(C)NC)C(F)(F)F. The van der Waals surface area contributed by atoms with E-state index in [1.807, 2.05) is 0 Å². The molecular formula is C9H14F3N. The molecule has 0 aromatic carbocycles. The summed E-state index contributed by atoms with van der Waals surface area (Å²) in [7, 11) is 1.69. The van der Waals surface area contributed by atoms with Gasteiger partial charge in [-0.05, 0) is 20.9 Å². The van der Waals surface area contributed by atoms with Crippen molar-refractivity contribution in [1.82, 2.24) is 5.32 Å². The van der Waals surface area contributed by atoms with E-state index in [0.29, 0.717) is 0 Å². The van der Waals surface area contributed by atoms with E-state index in [0.717, 1.165) is 12.2 Å². The van der Waals surface area contributed by atoms with Crippen LogP contribution in [-0.2, 0) is 0 Å². The van der Waals surface area contributed by atoms with Crippen LogP contribution in [0.2, 0.25) is 0 Å². The van der Waals surface area contributed by atoms with Gasteiger partial charge in [0.1, 0.15) is 0 Å². The predicted octanol–water partition coefficient (Wildman–Crippen LogP) is 2.66. The number of nitrogens with one attached hydrogen (secondary N) is 1. The van der Waals surface area contributed by atoms with Crippen molar-refractivity contribution in [3.05, 3.63) is 23.8 Å². The summed E-state index contributed by atoms with van der Waals surface area (Å²) in [6.45, 7) is 3.15. The zero-order valence-corrected chi connectivity index (χ0v) is 7.94. The van der Waals surface area contributed by atoms with Crippen LogP contribution in [0.15, 0.2) is 23.8 Å². The fraction of sp³-hybridized carbons (Fsp3) is 0.556. The van der Waals surface area contributed by atoms with Gasteiger partial charge < -0.3 is 5.32 Å². The molecule has 0 radical (unpaired) electrons. The Labute approximate surface area is 76.3 Å². The number of halogens is 3. The molecule has 0 aromatic rings. The van der Waals surface area contributed by atoms with Gasteiger partial charge >= 0.3 is 6.18 Å². The van der Waals surface area contributed by atoms with Crippen molar-refractivity contribution in [2.75, 3.05) is 7.05 Å². The van der Waals surface area contributed by atoms with Crippen LogP contribution < -0.4 is 5.32 Å². The van der Waals surface area contributed by atoms with Gasteiger partial charge in [-0.2, -0.15) is 13.2 Å². The summed E-state index contributed by atoms with van der Waals surface area (Å²) in [6.07, 6.45) is -0.637. The number of hydrogen-bond acceptors (Lipinski definition) is 1. The minimum atomic E-state index is -4.25. The summed E-state index contributed by atoms with van der Waals surface area (Å²) in [6, 6.07) is -0.0581. The van der Waals surface area contributed by atoms with Crippen molar-refractivity contribution in [3.8, 4) is 0 Å². The van der Waals surface area contributed by atoms with Crippen molar-refractivity contribution >= 4 is 0 Å². The van der Waals surface area contributed by atoms with Gasteiger partial charge in [-0.3, -0.25) is 0 Å². The van der Waals surface area contributed by atoms with E-state index in [-0.39, 0.29) is 6.04 Å². The second kappa shape index (κ2) is 5.07. The van der Waals surface area contributed by atoms with E-state index in [4.69, 9.17) is 0 Å². The summed E-state index contributed by atoms with van der Waals surface area (Å²) in [4.78, 5) is 0. The highest BCUT2D eigenvalue weighted by Gasteiger charge is 2.30. The average molecular weight is 193 g/mol. The fourth-order valence-electron chi connectivity index (χ4n) is 0.699. The standard InChI is InChI=1S/C9H14F3N/c1-4-8(9(10,11)12)6-5-7(2)13-3/h4-7,13H,1-3H3/b6-5-,8-4+. The summed E-state index contributed by atoms with van der Waals surface area (Å²) in [5, 5.41) is 2.81. The van der Waals surface area contributed by atoms with E-state index >= 15 is 0 Å². The molecule has 0 aliphatic heterocycles. The molecule has 13 heavy (non-hydrogen) atoms. The summed E-state index contributed by atoms with van der Waals surface area (Å²) >= 11 is 0. The summed E-state index contributed by atoms with van der Waals surface area (Å²) in [5.41, 5.74) is -0.616. The number of hydrogen-bond donors (Lipinski definition) is 1. The van der Waals surface area contributed by atoms with Gasteiger partial charge in [0.25, 0.3) is 0 Å². The highest BCUT2D eigenvalue weighted by Crippen LogP contribution is 2.26. The Morgan fingerprint density at radius 2 is 1.92 bits per heavy atom. The molecule has 0 aromatic heterocycles. The van der Waals surface area contributed by atoms with E-state index in [1.165, 1.54) is 13.0 Å². The van der Waals surface area contributed by atoms with E-state index in [2.05, 4.69) is 5.32 Å². The zero-order valence-electron chi connectivity index (χ0n) is 7.94. The molecule has 0 fully saturated rings. The molecular weight excluding hydrogens is 179 g/mol. The Morgan fingerprint density at radius 3 is 2.23 bits per heavy atom. The molecule has 0 heterocycles. The Kier molecular flexibility index (Phi) is 4.77. The van der Waals surface area contributed by atoms with Crippen LogP contribution in [0, 0.1) is 0 Å². The average Bonchev–Trinajstić information content (AvgIpc) is 2.02. The number of rotatable bonds is 3. The molecule has 0 saturated carbocycles. The van der Waals surface area contributed by atoms with Crippen molar-refractivity contribution in [2.45, 2.75) is 26.1 Å². The van der Waals surface area contributed by atoms with Crippen molar-refractivity contribution in [3.63, 3.8) is 0 Å². The topological polar surface area (TPSA) is 12.0 Å². The Bertz CT molecular complexity index is 203. The molecule has 0 aliphatic rings. The van der Waals surface area contributed by atoms with E-state index < -0.39 is 11.7 Å². The second-order valence-corrected chi connectivity index (χ2v) is 2.68. The quantitative estimate of drug-likeness (QED) is 0.679. The van der Waals surface area contributed by atoms with E-state index in [9.17, 15) is 13.2 Å². The lowest BCUT2D eigenvalue weighted by molar-refractivity contribution is -0.0883. The van der Waals surface area contributed by atoms with Crippen LogP contribution in [0.5, 0.6) is 0 Å². The van der Waals surface area contributed by atoms with Gasteiger partial charge in [-0.15, -0.1) is 0 Å². The van der Waals surface area contributed by atoms with Gasteiger partial charge in [0.15, 0.2) is 0 Å². The summed E-state index contributed by atoms with van der Waals surface area (Å²) in [5.74, 6) is 0. The highest BCUT2D eigenvalue weighted by atomic mass is 19.4. The minimum absolute atomic E-state index is 0.0581. The first kappa shape index (κ1) is 12.2. The molecule has 0 rings (SSSR count). The lowest BCUT2D eigenvalue weighted by atomic mass is 10.2. The third-order valence-electron chi connectivity index (χ3n) is 1.66. The van der Waals surface area contributed by atoms with Crippen LogP contribution in [0.1, 0.15) is 13.8 Å². The molecule has 0 aliphatic carbocycles. The smallest absolute Gasteiger partial charge is 0.314 e. The molecule has 0 saturated heterocycles. The molecule has 0 bridgehead atoms. The Balaban J connectivity index is 4.41. The highest BCUT2D eigenvalue weighted by molar-refractivity contribution is 5.23. The number of likely N-dealkylation sites (N-methyl/N-ethyl adjacent to an activating group) is 1. The lowest BCUT2D eigenvalue weighted by Crippen LogP contribution is -2.18. The van der Waals surface area contributed by atoms with Gasteiger partial charge in [0.2, 0.25) is 0 Å². The molecule has 0 amide bonds. The molecule has 76 valence electrons. The molecule has 1 nitrogen and oxygen atoms in total. The zero-order chi connectivity index (χ0) is 10.5. The number of alkyl halides is 3. The van der Waals surface area contributed by atoms with Crippen LogP contribution in [0.3, 0.4) is 0 Å². The second-order valence-electron chi connectivity index (χ2n) is 2.68. The van der Waals surface area contributed by atoms with Crippen LogP contribution in [0.25, 0.3) is 0 Å². The third-order valence-corrected chi connectivity index (χ3v) is 1.66. The maximum Gasteiger partial charge on any atom is 0.416 e. The predicted molar refractivity (Wildman–Crippen MR) is 47.5 cm³/mol. The number of allylic oxidation sites excluding steroid dienone is 3. The van der Waals surface area contributed by atoms with Crippen molar-refractivity contribution < 1.29 is 13.2 Å². The fourth-order valence-corrected chi connectivity index (χ4v) is 0.699. The maximum absolute atomic E-state index is 12.1. The normalized spacial score (nSPS) is 16.6. The Hall–Kier alpha value is -0.770. The van der Waals surface area contributed by atoms with Gasteiger partial charge in [-0.25, -0.2) is 0 Å². The summed E-state index contributed by atoms with van der Waals surface area (Å²) < 4.78 is 36.4. The van der Waals surface area contributed by atoms with Crippen LogP contribution in [0.4, 0.5) is 13.2 Å². The molecule has 1 N–H and O–H groups in total. The first-order valence-corrected chi connectivity index (χ1v) is 4.00. The third kappa shape index (κ3) is 4.72. The first-order valence-electron chi connectivity index (χ1n) is 4.00. The van der Waals surface area contributed by atoms with Gasteiger partial charge in [-0.1, -0.05) is 18.2 Å². The molecule has 4 heteroatoms.